The van der Waals surface area contributed by atoms with Gasteiger partial charge in [-0.3, -0.25) is 15.0 Å². The minimum atomic E-state index is -0.860. The lowest BCUT2D eigenvalue weighted by Crippen LogP contribution is -2.44. The van der Waals surface area contributed by atoms with Gasteiger partial charge in [-0.15, -0.1) is 0 Å². The van der Waals surface area contributed by atoms with Gasteiger partial charge in [0.25, 0.3) is 5.91 Å². The first kappa shape index (κ1) is 29.3. The predicted molar refractivity (Wildman–Crippen MR) is 141 cm³/mol. The second-order valence-corrected chi connectivity index (χ2v) is 11.7. The van der Waals surface area contributed by atoms with Crippen molar-refractivity contribution in [3.8, 4) is 5.75 Å². The van der Waals surface area contributed by atoms with E-state index in [1.807, 2.05) is 0 Å². The first-order valence-electron chi connectivity index (χ1n) is 12.8. The van der Waals surface area contributed by atoms with Crippen molar-refractivity contribution in [3.63, 3.8) is 0 Å². The van der Waals surface area contributed by atoms with E-state index in [0.29, 0.717) is 25.2 Å². The van der Waals surface area contributed by atoms with Gasteiger partial charge in [-0.1, -0.05) is 0 Å². The highest BCUT2D eigenvalue weighted by Gasteiger charge is 2.37. The van der Waals surface area contributed by atoms with Crippen LogP contribution in [0.2, 0.25) is 0 Å². The molecule has 2 atom stereocenters. The number of rotatable bonds is 7. The van der Waals surface area contributed by atoms with Gasteiger partial charge in [-0.2, -0.15) is 0 Å². The number of benzene rings is 1. The molecule has 0 bridgehead atoms. The molecule has 1 aromatic carbocycles. The van der Waals surface area contributed by atoms with Gasteiger partial charge < -0.3 is 30.2 Å². The average Bonchev–Trinajstić information content (AvgIpc) is 3.48. The van der Waals surface area contributed by atoms with Crippen LogP contribution in [-0.2, 0) is 14.3 Å². The van der Waals surface area contributed by atoms with Crippen LogP contribution in [0.3, 0.4) is 0 Å². The minimum absolute atomic E-state index is 0.0349. The predicted octanol–water partition coefficient (Wildman–Crippen LogP) is 3.07. The number of esters is 1. The molecule has 12 heteroatoms. The van der Waals surface area contributed by atoms with Gasteiger partial charge in [-0.25, -0.2) is 14.6 Å². The van der Waals surface area contributed by atoms with Crippen LogP contribution in [-0.4, -0.2) is 61.5 Å². The summed E-state index contributed by atoms with van der Waals surface area (Å²) < 4.78 is 31.8. The topological polar surface area (TPSA) is 144 Å². The Hall–Kier alpha value is -3.28. The maximum atomic E-state index is 15.6. The second kappa shape index (κ2) is 11.2. The number of nitrogens with one attached hydrogen (secondary N) is 3. The van der Waals surface area contributed by atoms with Crippen LogP contribution in [0.15, 0.2) is 6.07 Å². The van der Waals surface area contributed by atoms with Crippen molar-refractivity contribution in [1.29, 1.82) is 0 Å². The van der Waals surface area contributed by atoms with Crippen LogP contribution < -0.4 is 31.5 Å². The molecule has 0 aromatic heterocycles. The lowest BCUT2D eigenvalue weighted by Gasteiger charge is -2.27. The van der Waals surface area contributed by atoms with E-state index in [-0.39, 0.29) is 29.0 Å². The Labute approximate surface area is 222 Å². The van der Waals surface area contributed by atoms with E-state index in [1.54, 1.807) is 46.4 Å². The lowest BCUT2D eigenvalue weighted by atomic mass is 9.99. The summed E-state index contributed by atoms with van der Waals surface area (Å²) in [5, 5.41) is 3.26. The molecule has 1 aliphatic heterocycles. The molecule has 2 fully saturated rings. The fraction of sp³-hybridized carbons (Fsp3) is 0.654. The fourth-order valence-corrected chi connectivity index (χ4v) is 4.19. The molecule has 0 spiro atoms. The molecule has 1 saturated carbocycles. The highest BCUT2D eigenvalue weighted by molar-refractivity contribution is 6.03. The SMILES string of the molecule is COc1c(NC2CC2)c(C(=O)NNC(=O)OC(C)(C)C)cc(F)c1N1CCC(C(N)C(=O)OC(C)(C)C)C1. The quantitative estimate of drug-likeness (QED) is 0.305. The van der Waals surface area contributed by atoms with Gasteiger partial charge >= 0.3 is 12.1 Å². The van der Waals surface area contributed by atoms with E-state index in [0.717, 1.165) is 18.9 Å². The van der Waals surface area contributed by atoms with Crippen molar-refractivity contribution in [2.45, 2.75) is 84.1 Å². The lowest BCUT2D eigenvalue weighted by molar-refractivity contribution is -0.157. The molecule has 2 unspecified atom stereocenters. The van der Waals surface area contributed by atoms with Gasteiger partial charge in [0.15, 0.2) is 11.6 Å². The minimum Gasteiger partial charge on any atom is -0.492 e. The first-order valence-corrected chi connectivity index (χ1v) is 12.8. The number of nitrogens with zero attached hydrogens (tertiary/aromatic N) is 1. The number of nitrogens with two attached hydrogens (primary N) is 1. The van der Waals surface area contributed by atoms with E-state index in [9.17, 15) is 14.4 Å². The molecule has 38 heavy (non-hydrogen) atoms. The Morgan fingerprint density at radius 3 is 2.24 bits per heavy atom. The van der Waals surface area contributed by atoms with Gasteiger partial charge in [0.2, 0.25) is 0 Å². The summed E-state index contributed by atoms with van der Waals surface area (Å²) in [5.41, 5.74) is 9.69. The maximum Gasteiger partial charge on any atom is 0.426 e. The third-order valence-electron chi connectivity index (χ3n) is 5.99. The number of amides is 2. The molecule has 212 valence electrons. The number of halogens is 1. The zero-order valence-corrected chi connectivity index (χ0v) is 23.2. The summed E-state index contributed by atoms with van der Waals surface area (Å²) in [4.78, 5) is 39.3. The number of hydrazine groups is 1. The molecule has 0 radical (unpaired) electrons. The van der Waals surface area contributed by atoms with Crippen molar-refractivity contribution in [2.75, 3.05) is 30.4 Å². The third kappa shape index (κ3) is 7.62. The third-order valence-corrected chi connectivity index (χ3v) is 5.99. The number of anilines is 2. The Kier molecular flexibility index (Phi) is 8.65. The summed E-state index contributed by atoms with van der Waals surface area (Å²) in [6, 6.07) is 0.358. The Morgan fingerprint density at radius 1 is 1.05 bits per heavy atom. The van der Waals surface area contributed by atoms with E-state index < -0.39 is 41.0 Å². The Bertz CT molecular complexity index is 1060. The second-order valence-electron chi connectivity index (χ2n) is 11.7. The standard InChI is InChI=1S/C26H40FN5O6/c1-25(2,3)37-23(34)18(28)14-10-11-32(13-14)20-17(27)12-16(19(21(20)36-7)29-15-8-9-15)22(33)30-31-24(35)38-26(4,5)6/h12,14-15,18,29H,8-11,13,28H2,1-7H3,(H,30,33)(H,31,35). The molecule has 11 nitrogen and oxygen atoms in total. The monoisotopic (exact) mass is 537 g/mol. The summed E-state index contributed by atoms with van der Waals surface area (Å²) in [7, 11) is 1.40. The molecule has 1 aromatic rings. The van der Waals surface area contributed by atoms with E-state index in [4.69, 9.17) is 19.9 Å². The Morgan fingerprint density at radius 2 is 1.68 bits per heavy atom. The molecule has 1 aliphatic carbocycles. The van der Waals surface area contributed by atoms with Gasteiger partial charge in [-0.05, 0) is 66.9 Å². The molecular formula is C26H40FN5O6. The van der Waals surface area contributed by atoms with Crippen LogP contribution in [0, 0.1) is 11.7 Å². The summed E-state index contributed by atoms with van der Waals surface area (Å²) in [6.45, 7) is 11.1. The van der Waals surface area contributed by atoms with Gasteiger partial charge in [0.1, 0.15) is 22.9 Å². The van der Waals surface area contributed by atoms with E-state index >= 15 is 4.39 Å². The molecule has 1 heterocycles. The first-order chi connectivity index (χ1) is 17.6. The zero-order valence-electron chi connectivity index (χ0n) is 23.2. The van der Waals surface area contributed by atoms with E-state index in [2.05, 4.69) is 16.2 Å². The van der Waals surface area contributed by atoms with Crippen molar-refractivity contribution >= 4 is 29.3 Å². The molecule has 2 aliphatic rings. The number of hydrogen-bond donors (Lipinski definition) is 4. The fourth-order valence-electron chi connectivity index (χ4n) is 4.19. The van der Waals surface area contributed by atoms with Gasteiger partial charge in [0, 0.05) is 25.0 Å². The highest BCUT2D eigenvalue weighted by atomic mass is 19.1. The molecule has 3 rings (SSSR count). The zero-order chi connectivity index (χ0) is 28.4. The summed E-state index contributed by atoms with van der Waals surface area (Å²) in [5.74, 6) is -2.02. The Balaban J connectivity index is 1.84. The number of ether oxygens (including phenoxy) is 3. The molecule has 2 amide bonds. The average molecular weight is 538 g/mol. The van der Waals surface area contributed by atoms with E-state index in [1.165, 1.54) is 7.11 Å². The van der Waals surface area contributed by atoms with Crippen LogP contribution in [0.5, 0.6) is 5.75 Å². The number of hydrogen-bond acceptors (Lipinski definition) is 9. The highest BCUT2D eigenvalue weighted by Crippen LogP contribution is 2.44. The van der Waals surface area contributed by atoms with Crippen molar-refractivity contribution in [3.05, 3.63) is 17.4 Å². The molecule has 5 N–H and O–H groups in total. The number of carbonyl (C=O) groups is 3. The largest absolute Gasteiger partial charge is 0.492 e. The van der Waals surface area contributed by atoms with Crippen LogP contribution in [0.25, 0.3) is 0 Å². The number of carbonyl (C=O) groups excluding carboxylic acids is 3. The van der Waals surface area contributed by atoms with Crippen molar-refractivity contribution in [2.24, 2.45) is 11.7 Å². The van der Waals surface area contributed by atoms with Gasteiger partial charge in [0.05, 0.1) is 18.4 Å². The maximum absolute atomic E-state index is 15.6. The van der Waals surface area contributed by atoms with Crippen LogP contribution in [0.4, 0.5) is 20.6 Å². The van der Waals surface area contributed by atoms with Crippen molar-refractivity contribution < 1.29 is 33.0 Å². The smallest absolute Gasteiger partial charge is 0.426 e. The van der Waals surface area contributed by atoms with Crippen molar-refractivity contribution in [1.82, 2.24) is 10.9 Å². The molecular weight excluding hydrogens is 497 g/mol. The molecule has 1 saturated heterocycles. The van der Waals surface area contributed by atoms with Crippen LogP contribution >= 0.6 is 0 Å². The summed E-state index contributed by atoms with van der Waals surface area (Å²) in [6.07, 6.45) is 1.49. The number of methoxy groups -OCH3 is 1. The van der Waals surface area contributed by atoms with Crippen LogP contribution in [0.1, 0.15) is 71.2 Å². The normalized spacial score (nSPS) is 18.4. The summed E-state index contributed by atoms with van der Waals surface area (Å²) >= 11 is 0.